The Kier molecular flexibility index (Phi) is 6.38. The maximum Gasteiger partial charge on any atom is 0.256 e. The number of aromatic nitrogens is 3. The summed E-state index contributed by atoms with van der Waals surface area (Å²) in [5.74, 6) is -0.140. The third-order valence-electron chi connectivity index (χ3n) is 6.81. The molecule has 0 fully saturated rings. The lowest BCUT2D eigenvalue weighted by Crippen LogP contribution is -2.15. The van der Waals surface area contributed by atoms with Gasteiger partial charge in [0.1, 0.15) is 0 Å². The number of fused-ring (bicyclic) bond motifs is 1. The smallest absolute Gasteiger partial charge is 0.256 e. The zero-order chi connectivity index (χ0) is 25.2. The van der Waals surface area contributed by atoms with Crippen molar-refractivity contribution in [2.45, 2.75) is 40.5 Å². The maximum absolute atomic E-state index is 13.6. The molecule has 5 aromatic rings. The lowest BCUT2D eigenvalue weighted by molar-refractivity contribution is 0.102. The van der Waals surface area contributed by atoms with Gasteiger partial charge in [-0.2, -0.15) is 5.10 Å². The van der Waals surface area contributed by atoms with Crippen LogP contribution in [0.15, 0.2) is 79.0 Å². The highest BCUT2D eigenvalue weighted by molar-refractivity contribution is 6.13. The van der Waals surface area contributed by atoms with Crippen LogP contribution in [0.25, 0.3) is 27.8 Å². The van der Waals surface area contributed by atoms with E-state index in [1.165, 1.54) is 5.56 Å². The summed E-state index contributed by atoms with van der Waals surface area (Å²) in [6, 6.07) is 24.2. The minimum Gasteiger partial charge on any atom is -0.321 e. The molecule has 2 aromatic heterocycles. The van der Waals surface area contributed by atoms with Crippen molar-refractivity contribution < 1.29 is 4.79 Å². The summed E-state index contributed by atoms with van der Waals surface area (Å²) >= 11 is 0. The fraction of sp³-hybridized carbons (Fsp3) is 0.194. The lowest BCUT2D eigenvalue weighted by Gasteiger charge is -2.15. The van der Waals surface area contributed by atoms with E-state index in [-0.39, 0.29) is 5.91 Å². The molecule has 2 heterocycles. The van der Waals surface area contributed by atoms with Crippen LogP contribution < -0.4 is 5.32 Å². The second-order valence-corrected chi connectivity index (χ2v) is 9.06. The molecule has 5 rings (SSSR count). The topological polar surface area (TPSA) is 59.8 Å². The highest BCUT2D eigenvalue weighted by atomic mass is 16.1. The van der Waals surface area contributed by atoms with E-state index < -0.39 is 0 Å². The van der Waals surface area contributed by atoms with Crippen molar-refractivity contribution in [3.63, 3.8) is 0 Å². The third kappa shape index (κ3) is 4.29. The number of benzene rings is 3. The van der Waals surface area contributed by atoms with E-state index in [1.807, 2.05) is 67.2 Å². The number of anilines is 1. The molecule has 0 radical (unpaired) electrons. The van der Waals surface area contributed by atoms with Crippen molar-refractivity contribution >= 4 is 22.5 Å². The predicted octanol–water partition coefficient (Wildman–Crippen LogP) is 7.08. The number of carbonyl (C=O) groups is 1. The number of nitrogens with one attached hydrogen (secondary N) is 1. The number of hydrogen-bond acceptors (Lipinski definition) is 3. The molecule has 3 aromatic carbocycles. The van der Waals surface area contributed by atoms with Gasteiger partial charge >= 0.3 is 0 Å². The number of rotatable bonds is 6. The maximum atomic E-state index is 13.6. The largest absolute Gasteiger partial charge is 0.321 e. The Hall–Kier alpha value is -4.25. The van der Waals surface area contributed by atoms with Gasteiger partial charge in [-0.3, -0.25) is 4.79 Å². The number of amides is 1. The first-order valence-corrected chi connectivity index (χ1v) is 12.4. The highest BCUT2D eigenvalue weighted by Crippen LogP contribution is 2.30. The summed E-state index contributed by atoms with van der Waals surface area (Å²) in [5, 5.41) is 8.66. The molecule has 0 saturated heterocycles. The summed E-state index contributed by atoms with van der Waals surface area (Å²) in [6.45, 7) is 8.30. The second-order valence-electron chi connectivity index (χ2n) is 9.06. The number of carbonyl (C=O) groups excluding carboxylic acids is 1. The standard InChI is InChI=1S/C31H30N4O/c1-5-22-14-16-24(17-15-22)35-21(4)27(19-32-35)29-18-26(25-12-7-8-13-28(25)33-29)31(36)34-30-20(3)10-9-11-23(30)6-2/h7-19H,5-6H2,1-4H3,(H,34,36). The van der Waals surface area contributed by atoms with Crippen LogP contribution in [0.2, 0.25) is 0 Å². The molecule has 0 unspecified atom stereocenters. The quantitative estimate of drug-likeness (QED) is 0.286. The minimum atomic E-state index is -0.140. The van der Waals surface area contributed by atoms with Gasteiger partial charge < -0.3 is 5.32 Å². The van der Waals surface area contributed by atoms with Gasteiger partial charge in [-0.1, -0.05) is 62.4 Å². The van der Waals surface area contributed by atoms with Crippen LogP contribution in [0.3, 0.4) is 0 Å². The van der Waals surface area contributed by atoms with Crippen molar-refractivity contribution in [3.05, 3.63) is 107 Å². The van der Waals surface area contributed by atoms with E-state index in [0.29, 0.717) is 5.56 Å². The molecule has 0 aliphatic carbocycles. The molecule has 5 nitrogen and oxygen atoms in total. The Morgan fingerprint density at radius 2 is 1.69 bits per heavy atom. The van der Waals surface area contributed by atoms with Crippen molar-refractivity contribution in [2.24, 2.45) is 0 Å². The predicted molar refractivity (Wildman–Crippen MR) is 147 cm³/mol. The summed E-state index contributed by atoms with van der Waals surface area (Å²) in [4.78, 5) is 18.6. The molecule has 0 saturated carbocycles. The zero-order valence-electron chi connectivity index (χ0n) is 21.2. The molecule has 0 atom stereocenters. The van der Waals surface area contributed by atoms with E-state index in [2.05, 4.69) is 54.6 Å². The van der Waals surface area contributed by atoms with Crippen LogP contribution in [0.1, 0.15) is 46.6 Å². The molecule has 5 heteroatoms. The molecule has 180 valence electrons. The van der Waals surface area contributed by atoms with Gasteiger partial charge in [0.2, 0.25) is 0 Å². The summed E-state index contributed by atoms with van der Waals surface area (Å²) in [6.07, 6.45) is 3.67. The molecule has 36 heavy (non-hydrogen) atoms. The van der Waals surface area contributed by atoms with Crippen LogP contribution >= 0.6 is 0 Å². The molecular weight excluding hydrogens is 444 g/mol. The minimum absolute atomic E-state index is 0.140. The number of pyridine rings is 1. The number of hydrogen-bond donors (Lipinski definition) is 1. The summed E-state index contributed by atoms with van der Waals surface area (Å²) < 4.78 is 1.92. The Morgan fingerprint density at radius 1 is 0.917 bits per heavy atom. The second kappa shape index (κ2) is 9.78. The van der Waals surface area contributed by atoms with Crippen LogP contribution in [-0.2, 0) is 12.8 Å². The van der Waals surface area contributed by atoms with Crippen molar-refractivity contribution in [3.8, 4) is 16.9 Å². The van der Waals surface area contributed by atoms with Crippen LogP contribution in [0.5, 0.6) is 0 Å². The van der Waals surface area contributed by atoms with Gasteiger partial charge in [-0.15, -0.1) is 0 Å². The van der Waals surface area contributed by atoms with Gasteiger partial charge in [0.25, 0.3) is 5.91 Å². The van der Waals surface area contributed by atoms with Gasteiger partial charge in [0.15, 0.2) is 0 Å². The third-order valence-corrected chi connectivity index (χ3v) is 6.81. The molecule has 1 amide bonds. The molecule has 1 N–H and O–H groups in total. The van der Waals surface area contributed by atoms with Gasteiger partial charge in [0, 0.05) is 16.6 Å². The Bertz CT molecular complexity index is 1560. The average Bonchev–Trinajstić information content (AvgIpc) is 3.30. The van der Waals surface area contributed by atoms with Gasteiger partial charge in [-0.25, -0.2) is 9.67 Å². The van der Waals surface area contributed by atoms with Gasteiger partial charge in [-0.05, 0) is 67.6 Å². The van der Waals surface area contributed by atoms with Crippen molar-refractivity contribution in [1.82, 2.24) is 14.8 Å². The fourth-order valence-electron chi connectivity index (χ4n) is 4.68. The van der Waals surface area contributed by atoms with Crippen LogP contribution in [0, 0.1) is 13.8 Å². The molecular formula is C31H30N4O. The Morgan fingerprint density at radius 3 is 2.44 bits per heavy atom. The molecule has 0 aliphatic rings. The SMILES string of the molecule is CCc1ccc(-n2ncc(-c3cc(C(=O)Nc4c(C)cccc4CC)c4ccccc4n3)c2C)cc1. The lowest BCUT2D eigenvalue weighted by atomic mass is 10.0. The van der Waals surface area contributed by atoms with Crippen LogP contribution in [-0.4, -0.2) is 20.7 Å². The Balaban J connectivity index is 1.58. The van der Waals surface area contributed by atoms with E-state index in [1.54, 1.807) is 0 Å². The van der Waals surface area contributed by atoms with E-state index in [0.717, 1.165) is 63.2 Å². The first-order valence-electron chi connectivity index (χ1n) is 12.4. The average molecular weight is 475 g/mol. The first kappa shape index (κ1) is 23.5. The van der Waals surface area contributed by atoms with E-state index in [4.69, 9.17) is 4.98 Å². The van der Waals surface area contributed by atoms with E-state index >= 15 is 0 Å². The summed E-state index contributed by atoms with van der Waals surface area (Å²) in [7, 11) is 0. The Labute approximate surface area is 211 Å². The normalized spacial score (nSPS) is 11.1. The summed E-state index contributed by atoms with van der Waals surface area (Å²) in [5.41, 5.74) is 9.32. The first-order chi connectivity index (χ1) is 17.5. The molecule has 0 bridgehead atoms. The monoisotopic (exact) mass is 474 g/mol. The number of para-hydroxylation sites is 2. The highest BCUT2D eigenvalue weighted by Gasteiger charge is 2.18. The van der Waals surface area contributed by atoms with Crippen molar-refractivity contribution in [2.75, 3.05) is 5.32 Å². The van der Waals surface area contributed by atoms with Crippen LogP contribution in [0.4, 0.5) is 5.69 Å². The molecule has 0 spiro atoms. The zero-order valence-corrected chi connectivity index (χ0v) is 21.2. The van der Waals surface area contributed by atoms with E-state index in [9.17, 15) is 4.79 Å². The molecule has 0 aliphatic heterocycles. The number of nitrogens with zero attached hydrogens (tertiary/aromatic N) is 3. The number of aryl methyl sites for hydroxylation is 3. The van der Waals surface area contributed by atoms with Crippen molar-refractivity contribution in [1.29, 1.82) is 0 Å². The van der Waals surface area contributed by atoms with Gasteiger partial charge in [0.05, 0.1) is 34.4 Å². The fourth-order valence-corrected chi connectivity index (χ4v) is 4.68.